The Morgan fingerprint density at radius 2 is 1.83 bits per heavy atom. The van der Waals surface area contributed by atoms with Crippen molar-refractivity contribution in [3.63, 3.8) is 0 Å². The molecule has 1 aliphatic heterocycles. The largest absolute Gasteiger partial charge is 0.493 e. The number of hydrogen-bond donors (Lipinski definition) is 1. The van der Waals surface area contributed by atoms with E-state index in [4.69, 9.17) is 16.3 Å². The maximum absolute atomic E-state index is 12.9. The van der Waals surface area contributed by atoms with Crippen molar-refractivity contribution in [1.82, 2.24) is 10.2 Å². The van der Waals surface area contributed by atoms with E-state index in [1.807, 2.05) is 0 Å². The average Bonchev–Trinajstić information content (AvgIpc) is 2.92. The second-order valence-corrected chi connectivity index (χ2v) is 7.06. The molecule has 0 unspecified atom stereocenters. The topological polar surface area (TPSA) is 84.9 Å². The first-order valence-corrected chi connectivity index (χ1v) is 9.09. The van der Waals surface area contributed by atoms with Crippen LogP contribution in [-0.4, -0.2) is 42.9 Å². The number of benzene rings is 2. The second kappa shape index (κ2) is 8.27. The Bertz CT molecular complexity index is 999. The van der Waals surface area contributed by atoms with Crippen LogP contribution in [0.3, 0.4) is 0 Å². The maximum atomic E-state index is 12.9. The van der Waals surface area contributed by atoms with Crippen molar-refractivity contribution in [2.75, 3.05) is 13.7 Å². The van der Waals surface area contributed by atoms with Crippen molar-refractivity contribution >= 4 is 29.3 Å². The normalized spacial score (nSPS) is 18.5. The van der Waals surface area contributed by atoms with Crippen molar-refractivity contribution in [2.45, 2.75) is 19.1 Å². The van der Waals surface area contributed by atoms with Crippen LogP contribution < -0.4 is 14.8 Å². The molecule has 3 rings (SSSR count). The predicted molar refractivity (Wildman–Crippen MR) is 103 cm³/mol. The Morgan fingerprint density at radius 1 is 1.17 bits per heavy atom. The third-order valence-corrected chi connectivity index (χ3v) is 4.95. The molecule has 3 amide bonds. The molecule has 0 bridgehead atoms. The minimum absolute atomic E-state index is 0.0640. The minimum atomic E-state index is -3.06. The number of hydrogen-bond acceptors (Lipinski definition) is 5. The highest BCUT2D eigenvalue weighted by Crippen LogP contribution is 2.32. The summed E-state index contributed by atoms with van der Waals surface area (Å²) >= 11 is 5.87. The summed E-state index contributed by atoms with van der Waals surface area (Å²) in [5, 5.41) is 3.06. The molecule has 1 fully saturated rings. The number of nitrogens with one attached hydrogen (secondary N) is 1. The lowest BCUT2D eigenvalue weighted by Gasteiger charge is -2.22. The fraction of sp³-hybridized carbons (Fsp3) is 0.250. The molecule has 0 spiro atoms. The van der Waals surface area contributed by atoms with Crippen molar-refractivity contribution in [1.29, 1.82) is 0 Å². The Hall–Kier alpha value is -3.20. The first-order chi connectivity index (χ1) is 14.2. The molecule has 1 N–H and O–H groups in total. The Kier molecular flexibility index (Phi) is 5.93. The van der Waals surface area contributed by atoms with Gasteiger partial charge in [0.25, 0.3) is 5.91 Å². The number of ether oxygens (including phenoxy) is 2. The van der Waals surface area contributed by atoms with E-state index in [9.17, 15) is 23.2 Å². The third kappa shape index (κ3) is 4.06. The van der Waals surface area contributed by atoms with E-state index in [0.29, 0.717) is 10.6 Å². The summed E-state index contributed by atoms with van der Waals surface area (Å²) in [5.41, 5.74) is -0.779. The van der Waals surface area contributed by atoms with Crippen LogP contribution in [0, 0.1) is 0 Å². The SMILES string of the molecule is COc1cc(C(=O)CN2C(=O)N[C@](C)(c3ccc(Cl)cc3)C2=O)ccc1OC(F)F. The van der Waals surface area contributed by atoms with Crippen LogP contribution in [0.4, 0.5) is 13.6 Å². The van der Waals surface area contributed by atoms with E-state index >= 15 is 0 Å². The smallest absolute Gasteiger partial charge is 0.387 e. The molecule has 0 radical (unpaired) electrons. The molecule has 158 valence electrons. The van der Waals surface area contributed by atoms with Gasteiger partial charge in [0, 0.05) is 10.6 Å². The van der Waals surface area contributed by atoms with Crippen LogP contribution in [0.15, 0.2) is 42.5 Å². The zero-order valence-corrected chi connectivity index (χ0v) is 16.7. The van der Waals surface area contributed by atoms with Gasteiger partial charge in [-0.1, -0.05) is 23.7 Å². The highest BCUT2D eigenvalue weighted by atomic mass is 35.5. The van der Waals surface area contributed by atoms with Gasteiger partial charge in [-0.25, -0.2) is 4.79 Å². The zero-order chi connectivity index (χ0) is 22.1. The van der Waals surface area contributed by atoms with Crippen molar-refractivity contribution in [3.8, 4) is 11.5 Å². The lowest BCUT2D eigenvalue weighted by molar-refractivity contribution is -0.130. The highest BCUT2D eigenvalue weighted by molar-refractivity contribution is 6.30. The molecule has 0 aliphatic carbocycles. The summed E-state index contributed by atoms with van der Waals surface area (Å²) in [6.07, 6.45) is 0. The standard InChI is InChI=1S/C20H17ClF2N2O5/c1-20(12-4-6-13(21)7-5-12)17(27)25(19(28)24-20)10-14(26)11-3-8-15(30-18(22)23)16(9-11)29-2/h3-9,18H,10H2,1-2H3,(H,24,28)/t20-/m1/s1. The van der Waals surface area contributed by atoms with E-state index in [2.05, 4.69) is 10.1 Å². The molecule has 7 nitrogen and oxygen atoms in total. The number of imide groups is 1. The third-order valence-electron chi connectivity index (χ3n) is 4.70. The van der Waals surface area contributed by atoms with Crippen molar-refractivity contribution in [3.05, 3.63) is 58.6 Å². The quantitative estimate of drug-likeness (QED) is 0.527. The lowest BCUT2D eigenvalue weighted by atomic mass is 9.92. The number of alkyl halides is 2. The molecule has 0 aromatic heterocycles. The summed E-state index contributed by atoms with van der Waals surface area (Å²) in [7, 11) is 1.23. The average molecular weight is 439 g/mol. The van der Waals surface area contributed by atoms with Crippen LogP contribution >= 0.6 is 11.6 Å². The fourth-order valence-corrected chi connectivity index (χ4v) is 3.21. The van der Waals surface area contributed by atoms with E-state index in [-0.39, 0.29) is 17.1 Å². The van der Waals surface area contributed by atoms with Crippen LogP contribution in [0.25, 0.3) is 0 Å². The summed E-state index contributed by atoms with van der Waals surface area (Å²) < 4.78 is 34.2. The molecule has 2 aromatic carbocycles. The lowest BCUT2D eigenvalue weighted by Crippen LogP contribution is -2.41. The number of nitrogens with zero attached hydrogens (tertiary/aromatic N) is 1. The van der Waals surface area contributed by atoms with E-state index in [1.54, 1.807) is 24.3 Å². The fourth-order valence-electron chi connectivity index (χ4n) is 3.09. The molecule has 0 saturated carbocycles. The first kappa shape index (κ1) is 21.5. The van der Waals surface area contributed by atoms with Gasteiger partial charge in [-0.3, -0.25) is 14.5 Å². The summed E-state index contributed by atoms with van der Waals surface area (Å²) in [5.74, 6) is -1.51. The summed E-state index contributed by atoms with van der Waals surface area (Å²) in [6.45, 7) is -2.07. The Morgan fingerprint density at radius 3 is 2.43 bits per heavy atom. The molecular weight excluding hydrogens is 422 g/mol. The number of rotatable bonds is 7. The van der Waals surface area contributed by atoms with Gasteiger partial charge in [0.15, 0.2) is 17.3 Å². The van der Waals surface area contributed by atoms with Crippen molar-refractivity contribution < 1.29 is 32.6 Å². The van der Waals surface area contributed by atoms with E-state index in [1.165, 1.54) is 26.2 Å². The van der Waals surface area contributed by atoms with Gasteiger partial charge >= 0.3 is 12.6 Å². The van der Waals surface area contributed by atoms with E-state index in [0.717, 1.165) is 11.0 Å². The number of amides is 3. The number of carbonyl (C=O) groups excluding carboxylic acids is 3. The van der Waals surface area contributed by atoms with Gasteiger partial charge in [0.05, 0.1) is 13.7 Å². The van der Waals surface area contributed by atoms with Gasteiger partial charge < -0.3 is 14.8 Å². The van der Waals surface area contributed by atoms with Crippen LogP contribution in [0.5, 0.6) is 11.5 Å². The number of urea groups is 1. The van der Waals surface area contributed by atoms with Gasteiger partial charge in [-0.2, -0.15) is 8.78 Å². The number of methoxy groups -OCH3 is 1. The number of halogens is 3. The number of Topliss-reactive ketones (excluding diaryl/α,β-unsaturated/α-hetero) is 1. The molecule has 2 aromatic rings. The minimum Gasteiger partial charge on any atom is -0.493 e. The molecule has 1 saturated heterocycles. The number of ketones is 1. The van der Waals surface area contributed by atoms with Gasteiger partial charge in [0.1, 0.15) is 5.54 Å². The van der Waals surface area contributed by atoms with Gasteiger partial charge in [-0.05, 0) is 42.8 Å². The van der Waals surface area contributed by atoms with Crippen molar-refractivity contribution in [2.24, 2.45) is 0 Å². The predicted octanol–water partition coefficient (Wildman–Crippen LogP) is 3.60. The molecule has 10 heteroatoms. The maximum Gasteiger partial charge on any atom is 0.387 e. The highest BCUT2D eigenvalue weighted by Gasteiger charge is 2.49. The van der Waals surface area contributed by atoms with Crippen LogP contribution in [0.1, 0.15) is 22.8 Å². The molecule has 1 aliphatic rings. The second-order valence-electron chi connectivity index (χ2n) is 6.62. The van der Waals surface area contributed by atoms with Crippen LogP contribution in [-0.2, 0) is 10.3 Å². The monoisotopic (exact) mass is 438 g/mol. The summed E-state index contributed by atoms with van der Waals surface area (Å²) in [6, 6.07) is 9.28. The molecule has 1 atom stereocenters. The van der Waals surface area contributed by atoms with Crippen LogP contribution in [0.2, 0.25) is 5.02 Å². The Balaban J connectivity index is 1.80. The van der Waals surface area contributed by atoms with E-state index < -0.39 is 36.4 Å². The molecule has 30 heavy (non-hydrogen) atoms. The molecular formula is C20H17ClF2N2O5. The first-order valence-electron chi connectivity index (χ1n) is 8.72. The molecule has 1 heterocycles. The summed E-state index contributed by atoms with van der Waals surface area (Å²) in [4.78, 5) is 38.8. The Labute approximate surface area is 175 Å². The number of carbonyl (C=O) groups is 3. The van der Waals surface area contributed by atoms with Gasteiger partial charge in [0.2, 0.25) is 0 Å². The zero-order valence-electron chi connectivity index (χ0n) is 15.9. The van der Waals surface area contributed by atoms with Gasteiger partial charge in [-0.15, -0.1) is 0 Å².